The van der Waals surface area contributed by atoms with Crippen LogP contribution >= 0.6 is 11.3 Å². The molecule has 2 aromatic carbocycles. The van der Waals surface area contributed by atoms with Crippen LogP contribution in [-0.2, 0) is 4.79 Å². The second kappa shape index (κ2) is 7.69. The van der Waals surface area contributed by atoms with Gasteiger partial charge >= 0.3 is 0 Å². The lowest BCUT2D eigenvalue weighted by Crippen LogP contribution is -2.41. The average Bonchev–Trinajstić information content (AvgIpc) is 3.13. The van der Waals surface area contributed by atoms with Crippen molar-refractivity contribution in [3.05, 3.63) is 58.6 Å². The molecule has 1 saturated heterocycles. The Hall–Kier alpha value is -2.40. The molecule has 1 aliphatic heterocycles. The molecule has 3 aromatic rings. The lowest BCUT2D eigenvalue weighted by Gasteiger charge is -2.31. The molecule has 27 heavy (non-hydrogen) atoms. The second-order valence-electron chi connectivity index (χ2n) is 7.19. The second-order valence-corrected chi connectivity index (χ2v) is 8.25. The van der Waals surface area contributed by atoms with Crippen LogP contribution in [0.5, 0.6) is 5.75 Å². The van der Waals surface area contributed by atoms with Gasteiger partial charge in [0.2, 0.25) is 0 Å². The highest BCUT2D eigenvalue weighted by Gasteiger charge is 2.27. The molecule has 1 amide bonds. The zero-order valence-corrected chi connectivity index (χ0v) is 16.6. The molecule has 4 rings (SSSR count). The van der Waals surface area contributed by atoms with E-state index in [9.17, 15) is 4.79 Å². The lowest BCUT2D eigenvalue weighted by atomic mass is 9.99. The maximum atomic E-state index is 12.7. The Bertz CT molecular complexity index is 933. The molecule has 5 heteroatoms. The first-order chi connectivity index (χ1) is 13.1. The van der Waals surface area contributed by atoms with Gasteiger partial charge < -0.3 is 9.64 Å². The number of rotatable bonds is 4. The Labute approximate surface area is 163 Å². The minimum absolute atomic E-state index is 0.0571. The highest BCUT2D eigenvalue weighted by atomic mass is 32.1. The summed E-state index contributed by atoms with van der Waals surface area (Å²) in [6, 6.07) is 14.2. The maximum Gasteiger partial charge on any atom is 0.260 e. The van der Waals surface area contributed by atoms with E-state index < -0.39 is 0 Å². The third-order valence-corrected chi connectivity index (χ3v) is 6.54. The number of carbonyl (C=O) groups excluding carboxylic acids is 1. The first kappa shape index (κ1) is 18.0. The summed E-state index contributed by atoms with van der Waals surface area (Å²) in [5.74, 6) is 1.17. The van der Waals surface area contributed by atoms with Gasteiger partial charge in [0.15, 0.2) is 6.61 Å². The molecule has 1 fully saturated rings. The van der Waals surface area contributed by atoms with Crippen LogP contribution in [0.2, 0.25) is 0 Å². The fourth-order valence-electron chi connectivity index (χ4n) is 3.58. The Morgan fingerprint density at radius 2 is 2.07 bits per heavy atom. The first-order valence-electron chi connectivity index (χ1n) is 9.44. The minimum Gasteiger partial charge on any atom is -0.483 e. The van der Waals surface area contributed by atoms with Gasteiger partial charge in [-0.2, -0.15) is 0 Å². The third-order valence-electron chi connectivity index (χ3n) is 5.34. The SMILES string of the molecule is Cc1cccc(OCC(=O)N2CCC[C@@H](c3nc4ccccc4s3)C2)c1C. The highest BCUT2D eigenvalue weighted by molar-refractivity contribution is 7.18. The van der Waals surface area contributed by atoms with Crippen molar-refractivity contribution in [2.75, 3.05) is 19.7 Å². The number of thiazole rings is 1. The molecule has 0 unspecified atom stereocenters. The van der Waals surface area contributed by atoms with Gasteiger partial charge in [0.1, 0.15) is 5.75 Å². The quantitative estimate of drug-likeness (QED) is 0.659. The van der Waals surface area contributed by atoms with Crippen molar-refractivity contribution in [3.63, 3.8) is 0 Å². The topological polar surface area (TPSA) is 42.4 Å². The van der Waals surface area contributed by atoms with Crippen LogP contribution in [-0.4, -0.2) is 35.5 Å². The minimum atomic E-state index is 0.0571. The average molecular weight is 381 g/mol. The van der Waals surface area contributed by atoms with E-state index in [0.29, 0.717) is 5.92 Å². The number of aryl methyl sites for hydroxylation is 1. The summed E-state index contributed by atoms with van der Waals surface area (Å²) in [6.07, 6.45) is 2.09. The third kappa shape index (κ3) is 3.83. The van der Waals surface area contributed by atoms with Gasteiger partial charge in [-0.25, -0.2) is 4.98 Å². The number of carbonyl (C=O) groups is 1. The maximum absolute atomic E-state index is 12.7. The monoisotopic (exact) mass is 380 g/mol. The number of ether oxygens (including phenoxy) is 1. The lowest BCUT2D eigenvalue weighted by molar-refractivity contribution is -0.134. The van der Waals surface area contributed by atoms with Crippen LogP contribution < -0.4 is 4.74 Å². The number of amides is 1. The molecule has 4 nitrogen and oxygen atoms in total. The predicted octanol–water partition coefficient (Wildman–Crippen LogP) is 4.70. The van der Waals surface area contributed by atoms with Gasteiger partial charge in [0.05, 0.1) is 15.2 Å². The van der Waals surface area contributed by atoms with Gasteiger partial charge in [-0.1, -0.05) is 24.3 Å². The molecule has 0 radical (unpaired) electrons. The first-order valence-corrected chi connectivity index (χ1v) is 10.3. The molecule has 1 aliphatic rings. The summed E-state index contributed by atoms with van der Waals surface area (Å²) in [7, 11) is 0. The Balaban J connectivity index is 1.41. The number of fused-ring (bicyclic) bond motifs is 1. The number of nitrogens with zero attached hydrogens (tertiary/aromatic N) is 2. The van der Waals surface area contributed by atoms with Crippen LogP contribution in [0.15, 0.2) is 42.5 Å². The zero-order chi connectivity index (χ0) is 18.8. The molecular formula is C22H24N2O2S. The number of aromatic nitrogens is 1. The van der Waals surface area contributed by atoms with Crippen molar-refractivity contribution in [2.24, 2.45) is 0 Å². The van der Waals surface area contributed by atoms with Gasteiger partial charge in [0.25, 0.3) is 5.91 Å². The number of hydrogen-bond acceptors (Lipinski definition) is 4. The van der Waals surface area contributed by atoms with Crippen molar-refractivity contribution in [3.8, 4) is 5.75 Å². The smallest absolute Gasteiger partial charge is 0.260 e. The van der Waals surface area contributed by atoms with Crippen molar-refractivity contribution in [1.29, 1.82) is 0 Å². The molecule has 0 aliphatic carbocycles. The van der Waals surface area contributed by atoms with E-state index in [1.807, 2.05) is 36.1 Å². The number of benzene rings is 2. The fourth-order valence-corrected chi connectivity index (χ4v) is 4.67. The van der Waals surface area contributed by atoms with Crippen molar-refractivity contribution < 1.29 is 9.53 Å². The highest BCUT2D eigenvalue weighted by Crippen LogP contribution is 2.33. The number of likely N-dealkylation sites (tertiary alicyclic amines) is 1. The zero-order valence-electron chi connectivity index (χ0n) is 15.8. The molecular weight excluding hydrogens is 356 g/mol. The summed E-state index contributed by atoms with van der Waals surface area (Å²) < 4.78 is 7.03. The van der Waals surface area contributed by atoms with Crippen LogP contribution in [0.1, 0.15) is 34.9 Å². The molecule has 0 spiro atoms. The Morgan fingerprint density at radius 3 is 2.93 bits per heavy atom. The summed E-state index contributed by atoms with van der Waals surface area (Å²) in [5.41, 5.74) is 3.32. The number of para-hydroxylation sites is 1. The standard InChI is InChI=1S/C22H24N2O2S/c1-15-7-5-10-19(16(15)2)26-14-21(25)24-12-6-8-17(13-24)22-23-18-9-3-4-11-20(18)27-22/h3-5,7,9-11,17H,6,8,12-14H2,1-2H3/t17-/m1/s1. The van der Waals surface area contributed by atoms with E-state index in [0.717, 1.165) is 47.8 Å². The number of piperidine rings is 1. The number of hydrogen-bond donors (Lipinski definition) is 0. The van der Waals surface area contributed by atoms with E-state index in [4.69, 9.17) is 9.72 Å². The predicted molar refractivity (Wildman–Crippen MR) is 110 cm³/mol. The van der Waals surface area contributed by atoms with Crippen LogP contribution in [0, 0.1) is 13.8 Å². The molecule has 1 atom stereocenters. The van der Waals surface area contributed by atoms with Gasteiger partial charge in [-0.15, -0.1) is 11.3 Å². The van der Waals surface area contributed by atoms with E-state index in [-0.39, 0.29) is 12.5 Å². The van der Waals surface area contributed by atoms with Crippen molar-refractivity contribution >= 4 is 27.5 Å². The van der Waals surface area contributed by atoms with Crippen LogP contribution in [0.25, 0.3) is 10.2 Å². The summed E-state index contributed by atoms with van der Waals surface area (Å²) >= 11 is 1.75. The van der Waals surface area contributed by atoms with E-state index in [1.54, 1.807) is 11.3 Å². The van der Waals surface area contributed by atoms with Crippen molar-refractivity contribution in [2.45, 2.75) is 32.6 Å². The largest absolute Gasteiger partial charge is 0.483 e. The Morgan fingerprint density at radius 1 is 1.22 bits per heavy atom. The fraction of sp³-hybridized carbons (Fsp3) is 0.364. The molecule has 140 valence electrons. The Kier molecular flexibility index (Phi) is 5.12. The molecule has 0 bridgehead atoms. The molecule has 0 N–H and O–H groups in total. The molecule has 1 aromatic heterocycles. The van der Waals surface area contributed by atoms with E-state index in [2.05, 4.69) is 25.1 Å². The summed E-state index contributed by atoms with van der Waals surface area (Å²) in [5, 5.41) is 1.14. The van der Waals surface area contributed by atoms with Gasteiger partial charge in [-0.05, 0) is 56.0 Å². The van der Waals surface area contributed by atoms with E-state index in [1.165, 1.54) is 10.3 Å². The summed E-state index contributed by atoms with van der Waals surface area (Å²) in [6.45, 7) is 5.71. The van der Waals surface area contributed by atoms with Gasteiger partial charge in [-0.3, -0.25) is 4.79 Å². The summed E-state index contributed by atoms with van der Waals surface area (Å²) in [4.78, 5) is 19.4. The molecule has 2 heterocycles. The van der Waals surface area contributed by atoms with E-state index >= 15 is 0 Å². The van der Waals surface area contributed by atoms with Crippen LogP contribution in [0.3, 0.4) is 0 Å². The van der Waals surface area contributed by atoms with Crippen molar-refractivity contribution in [1.82, 2.24) is 9.88 Å². The van der Waals surface area contributed by atoms with Gasteiger partial charge in [0, 0.05) is 19.0 Å². The van der Waals surface area contributed by atoms with Crippen LogP contribution in [0.4, 0.5) is 0 Å². The normalized spacial score (nSPS) is 17.3. The molecule has 0 saturated carbocycles.